The molecule has 0 saturated carbocycles. The molecule has 0 atom stereocenters. The van der Waals surface area contributed by atoms with Crippen LogP contribution < -0.4 is 0 Å². The molecule has 0 bridgehead atoms. The molecule has 0 spiro atoms. The van der Waals surface area contributed by atoms with Crippen LogP contribution in [0, 0.1) is 6.92 Å². The van der Waals surface area contributed by atoms with Crippen molar-refractivity contribution in [2.24, 2.45) is 0 Å². The summed E-state index contributed by atoms with van der Waals surface area (Å²) in [5, 5.41) is 0. The molecule has 0 fully saturated rings. The summed E-state index contributed by atoms with van der Waals surface area (Å²) in [6.07, 6.45) is 0. The molecule has 0 unspecified atom stereocenters. The van der Waals surface area contributed by atoms with Crippen molar-refractivity contribution < 1.29 is 25.2 Å². The molecule has 3 aromatic rings. The molecule has 3 rings (SSSR count). The number of hydrogen-bond donors (Lipinski definition) is 0. The molecular formula is C19H17F6PS. The van der Waals surface area contributed by atoms with E-state index in [-0.39, 0.29) is 0 Å². The number of rotatable bonds is 3. The first kappa shape index (κ1) is 21.3. The second kappa shape index (κ2) is 7.21. The third-order valence-corrected chi connectivity index (χ3v) is 4.38. The van der Waals surface area contributed by atoms with Gasteiger partial charge in [0.2, 0.25) is 0 Å². The van der Waals surface area contributed by atoms with Crippen molar-refractivity contribution in [3.8, 4) is 11.1 Å². The van der Waals surface area contributed by atoms with E-state index in [9.17, 15) is 25.2 Å². The molecule has 0 aromatic heterocycles. The van der Waals surface area contributed by atoms with Crippen molar-refractivity contribution in [1.29, 1.82) is 0 Å². The molecule has 0 aliphatic heterocycles. The molecule has 0 heterocycles. The molecule has 146 valence electrons. The van der Waals surface area contributed by atoms with E-state index in [0.717, 1.165) is 0 Å². The van der Waals surface area contributed by atoms with Crippen LogP contribution in [0.3, 0.4) is 0 Å². The van der Waals surface area contributed by atoms with Crippen molar-refractivity contribution in [2.45, 2.75) is 16.7 Å². The molecule has 8 heteroatoms. The number of aryl methyl sites for hydroxylation is 1. The number of halogens is 6. The van der Waals surface area contributed by atoms with E-state index in [1.165, 1.54) is 38.2 Å². The van der Waals surface area contributed by atoms with Gasteiger partial charge in [-0.2, -0.15) is 0 Å². The monoisotopic (exact) mass is 422 g/mol. The normalized spacial score (nSPS) is 13.7. The average molecular weight is 422 g/mol. The molecule has 0 aliphatic carbocycles. The summed E-state index contributed by atoms with van der Waals surface area (Å²) in [6.45, 7) is 2.12. The first-order valence-corrected chi connectivity index (χ1v) is 10.7. The van der Waals surface area contributed by atoms with Crippen LogP contribution in [0.5, 0.6) is 0 Å². The summed E-state index contributed by atoms with van der Waals surface area (Å²) in [5.74, 6) is 0. The molecule has 0 nitrogen and oxygen atoms in total. The Hall–Kier alpha value is -1.98. The van der Waals surface area contributed by atoms with Gasteiger partial charge in [-0.05, 0) is 54.4 Å². The zero-order chi connectivity index (χ0) is 20.2. The SMILES string of the molecule is Cc1ccc(-c2ccc([SH+]c3ccccc3)cc2)cc1.F[P-](F)(F)(F)(F)F. The zero-order valence-corrected chi connectivity index (χ0v) is 16.0. The second-order valence-electron chi connectivity index (χ2n) is 5.82. The average Bonchev–Trinajstić information content (AvgIpc) is 2.55. The Morgan fingerprint density at radius 1 is 0.556 bits per heavy atom. The van der Waals surface area contributed by atoms with Crippen molar-refractivity contribution >= 4 is 19.6 Å². The minimum absolute atomic E-state index is 1.26. The Labute approximate surface area is 157 Å². The van der Waals surface area contributed by atoms with Crippen molar-refractivity contribution in [3.05, 3.63) is 84.4 Å². The first-order chi connectivity index (χ1) is 12.3. The summed E-state index contributed by atoms with van der Waals surface area (Å²) in [4.78, 5) is 2.66. The predicted octanol–water partition coefficient (Wildman–Crippen LogP) is 8.28. The number of thiol groups is 1. The van der Waals surface area contributed by atoms with Gasteiger partial charge in [-0.1, -0.05) is 48.0 Å². The van der Waals surface area contributed by atoms with Gasteiger partial charge in [-0.3, -0.25) is 0 Å². The van der Waals surface area contributed by atoms with Crippen LogP contribution in [0.15, 0.2) is 88.7 Å². The summed E-state index contributed by atoms with van der Waals surface area (Å²) in [7, 11) is -10.7. The molecule has 3 aromatic carbocycles. The van der Waals surface area contributed by atoms with Crippen LogP contribution in [-0.4, -0.2) is 0 Å². The first-order valence-electron chi connectivity index (χ1n) is 7.76. The fraction of sp³-hybridized carbons (Fsp3) is 0.0526. The Balaban J connectivity index is 0.000000321. The summed E-state index contributed by atoms with van der Waals surface area (Å²) >= 11 is 1.26. The molecule has 0 saturated heterocycles. The van der Waals surface area contributed by atoms with E-state index in [1.54, 1.807) is 0 Å². The van der Waals surface area contributed by atoms with Gasteiger partial charge in [0.15, 0.2) is 9.79 Å². The van der Waals surface area contributed by atoms with Gasteiger partial charge in [-0.15, -0.1) is 0 Å². The summed E-state index contributed by atoms with van der Waals surface area (Å²) in [6, 6.07) is 28.1. The standard InChI is InChI=1S/C19H16S.F6P/c1-15-7-9-16(10-8-15)17-11-13-19(14-12-17)20-18-5-3-2-4-6-18;1-7(2,3,4,5)6/h2-14H,1H3;/q;-1/p+1. The molecule has 0 radical (unpaired) electrons. The zero-order valence-electron chi connectivity index (χ0n) is 14.2. The Kier molecular flexibility index (Phi) is 5.69. The van der Waals surface area contributed by atoms with E-state index < -0.39 is 7.81 Å². The van der Waals surface area contributed by atoms with E-state index in [1.807, 2.05) is 0 Å². The quantitative estimate of drug-likeness (QED) is 0.172. The predicted molar refractivity (Wildman–Crippen MR) is 102 cm³/mol. The topological polar surface area (TPSA) is 0 Å². The fourth-order valence-corrected chi connectivity index (χ4v) is 3.04. The van der Waals surface area contributed by atoms with Gasteiger partial charge in [0.25, 0.3) is 0 Å². The second-order valence-corrected chi connectivity index (χ2v) is 8.99. The van der Waals surface area contributed by atoms with Gasteiger partial charge in [0.1, 0.15) is 0 Å². The molecule has 0 amide bonds. The Morgan fingerprint density at radius 3 is 1.37 bits per heavy atom. The summed E-state index contributed by atoms with van der Waals surface area (Å²) in [5.41, 5.74) is 3.85. The molecular weight excluding hydrogens is 405 g/mol. The van der Waals surface area contributed by atoms with Crippen LogP contribution in [-0.2, 0) is 11.8 Å². The minimum atomic E-state index is -10.7. The van der Waals surface area contributed by atoms with E-state index in [4.69, 9.17) is 0 Å². The summed E-state index contributed by atoms with van der Waals surface area (Å²) < 4.78 is 59.2. The fourth-order valence-electron chi connectivity index (χ4n) is 2.13. The van der Waals surface area contributed by atoms with E-state index >= 15 is 0 Å². The number of hydrogen-bond acceptors (Lipinski definition) is 0. The third kappa shape index (κ3) is 10.1. The number of benzene rings is 3. The third-order valence-electron chi connectivity index (χ3n) is 3.27. The Morgan fingerprint density at radius 2 is 0.926 bits per heavy atom. The van der Waals surface area contributed by atoms with Crippen LogP contribution in [0.25, 0.3) is 11.1 Å². The molecule has 0 N–H and O–H groups in total. The van der Waals surface area contributed by atoms with Gasteiger partial charge >= 0.3 is 33.0 Å². The van der Waals surface area contributed by atoms with Crippen LogP contribution in [0.1, 0.15) is 5.56 Å². The maximum atomic E-state index is 9.87. The van der Waals surface area contributed by atoms with Gasteiger partial charge in [0, 0.05) is 11.8 Å². The Bertz CT molecular complexity index is 863. The van der Waals surface area contributed by atoms with E-state index in [0.29, 0.717) is 0 Å². The molecule has 27 heavy (non-hydrogen) atoms. The maximum absolute atomic E-state index is 10.7. The van der Waals surface area contributed by atoms with Crippen LogP contribution >= 0.6 is 7.81 Å². The van der Waals surface area contributed by atoms with Crippen molar-refractivity contribution in [3.63, 3.8) is 0 Å². The van der Waals surface area contributed by atoms with Gasteiger partial charge in [-0.25, -0.2) is 0 Å². The van der Waals surface area contributed by atoms with Crippen LogP contribution in [0.2, 0.25) is 0 Å². The molecule has 0 aliphatic rings. The van der Waals surface area contributed by atoms with Crippen molar-refractivity contribution in [1.82, 2.24) is 0 Å². The van der Waals surface area contributed by atoms with Gasteiger partial charge in [0.05, 0.1) is 0 Å². The van der Waals surface area contributed by atoms with Crippen molar-refractivity contribution in [2.75, 3.05) is 0 Å². The van der Waals surface area contributed by atoms with Crippen LogP contribution in [0.4, 0.5) is 25.2 Å². The van der Waals surface area contributed by atoms with E-state index in [2.05, 4.69) is 85.8 Å². The van der Waals surface area contributed by atoms with Gasteiger partial charge < -0.3 is 0 Å².